The van der Waals surface area contributed by atoms with Crippen LogP contribution in [0.3, 0.4) is 0 Å². The molecule has 0 saturated carbocycles. The fraction of sp³-hybridized carbons (Fsp3) is 0.261. The summed E-state index contributed by atoms with van der Waals surface area (Å²) in [6.07, 6.45) is -2.52. The van der Waals surface area contributed by atoms with Gasteiger partial charge < -0.3 is 18.6 Å². The highest BCUT2D eigenvalue weighted by molar-refractivity contribution is 5.94. The summed E-state index contributed by atoms with van der Waals surface area (Å²) in [5.41, 5.74) is 0.706. The van der Waals surface area contributed by atoms with Gasteiger partial charge in [0.1, 0.15) is 5.75 Å². The molecule has 0 radical (unpaired) electrons. The third kappa shape index (κ3) is 4.55. The molecule has 0 aliphatic carbocycles. The van der Waals surface area contributed by atoms with Gasteiger partial charge in [-0.2, -0.15) is 18.2 Å². The van der Waals surface area contributed by atoms with Crippen LogP contribution in [0, 0.1) is 0 Å². The van der Waals surface area contributed by atoms with Crippen molar-refractivity contribution in [2.45, 2.75) is 26.1 Å². The number of carbonyl (C=O) groups is 1. The standard InChI is InChI=1S/C23H20F3N3O4/c1-3-32-20(30)10-12-29-11-9-15-16(5-4-6-18(15)29)21-27-22(33-28-21)14-7-8-19(31-2)17(13-14)23(24,25)26/h4-9,11,13H,3,10,12H2,1-2H3. The maximum absolute atomic E-state index is 13.4. The number of fused-ring (bicyclic) bond motifs is 1. The van der Waals surface area contributed by atoms with Crippen LogP contribution in [0.5, 0.6) is 5.75 Å². The molecule has 7 nitrogen and oxygen atoms in total. The van der Waals surface area contributed by atoms with Crippen LogP contribution >= 0.6 is 0 Å². The minimum Gasteiger partial charge on any atom is -0.496 e. The number of hydrogen-bond acceptors (Lipinski definition) is 6. The van der Waals surface area contributed by atoms with E-state index >= 15 is 0 Å². The Morgan fingerprint density at radius 2 is 2.00 bits per heavy atom. The SMILES string of the molecule is CCOC(=O)CCn1ccc2c(-c3noc(-c4ccc(OC)c(C(F)(F)F)c4)n3)cccc21. The molecule has 4 aromatic rings. The van der Waals surface area contributed by atoms with Crippen molar-refractivity contribution in [1.29, 1.82) is 0 Å². The van der Waals surface area contributed by atoms with E-state index in [1.807, 2.05) is 29.0 Å². The molecule has 172 valence electrons. The Balaban J connectivity index is 1.65. The minimum absolute atomic E-state index is 0.0445. The number of aromatic nitrogens is 3. The predicted octanol–water partition coefficient (Wildman–Crippen LogP) is 5.34. The van der Waals surface area contributed by atoms with Gasteiger partial charge in [-0.25, -0.2) is 0 Å². The number of nitrogens with zero attached hydrogens (tertiary/aromatic N) is 3. The fourth-order valence-electron chi connectivity index (χ4n) is 3.57. The molecule has 0 bridgehead atoms. The Labute approximate surface area is 186 Å². The van der Waals surface area contributed by atoms with E-state index in [2.05, 4.69) is 10.1 Å². The van der Waals surface area contributed by atoms with Crippen molar-refractivity contribution in [1.82, 2.24) is 14.7 Å². The first kappa shape index (κ1) is 22.4. The van der Waals surface area contributed by atoms with Crippen LogP contribution in [-0.4, -0.2) is 34.4 Å². The topological polar surface area (TPSA) is 79.4 Å². The second-order valence-electron chi connectivity index (χ2n) is 7.14. The van der Waals surface area contributed by atoms with Crippen molar-refractivity contribution < 1.29 is 32.0 Å². The van der Waals surface area contributed by atoms with E-state index in [1.54, 1.807) is 13.0 Å². The van der Waals surface area contributed by atoms with Crippen molar-refractivity contribution in [3.63, 3.8) is 0 Å². The molecule has 0 spiro atoms. The van der Waals surface area contributed by atoms with Crippen LogP contribution in [0.4, 0.5) is 13.2 Å². The molecule has 2 aromatic carbocycles. The summed E-state index contributed by atoms with van der Waals surface area (Å²) < 4.78 is 57.0. The lowest BCUT2D eigenvalue weighted by Gasteiger charge is -2.12. The van der Waals surface area contributed by atoms with Crippen molar-refractivity contribution in [3.05, 3.63) is 54.2 Å². The van der Waals surface area contributed by atoms with E-state index in [0.29, 0.717) is 18.7 Å². The van der Waals surface area contributed by atoms with Gasteiger partial charge >= 0.3 is 12.1 Å². The average molecular weight is 459 g/mol. The normalized spacial score (nSPS) is 11.7. The van der Waals surface area contributed by atoms with Gasteiger partial charge in [0, 0.05) is 34.8 Å². The minimum atomic E-state index is -4.59. The first-order valence-corrected chi connectivity index (χ1v) is 10.1. The van der Waals surface area contributed by atoms with Gasteiger partial charge in [-0.3, -0.25) is 4.79 Å². The predicted molar refractivity (Wildman–Crippen MR) is 113 cm³/mol. The largest absolute Gasteiger partial charge is 0.496 e. The summed E-state index contributed by atoms with van der Waals surface area (Å²) in [6.45, 7) is 2.52. The Morgan fingerprint density at radius 1 is 1.18 bits per heavy atom. The van der Waals surface area contributed by atoms with Crippen LogP contribution < -0.4 is 4.74 Å². The molecule has 0 aliphatic heterocycles. The quantitative estimate of drug-likeness (QED) is 0.347. The molecule has 4 rings (SSSR count). The van der Waals surface area contributed by atoms with Gasteiger partial charge in [0.05, 0.1) is 25.7 Å². The molecular weight excluding hydrogens is 439 g/mol. The Hall–Kier alpha value is -3.82. The first-order valence-electron chi connectivity index (χ1n) is 10.1. The van der Waals surface area contributed by atoms with E-state index in [4.69, 9.17) is 14.0 Å². The van der Waals surface area contributed by atoms with Crippen LogP contribution in [-0.2, 0) is 22.3 Å². The number of rotatable bonds is 7. The lowest BCUT2D eigenvalue weighted by Crippen LogP contribution is -2.08. The van der Waals surface area contributed by atoms with Crippen LogP contribution in [0.2, 0.25) is 0 Å². The summed E-state index contributed by atoms with van der Waals surface area (Å²) in [5, 5.41) is 4.79. The zero-order valence-electron chi connectivity index (χ0n) is 17.8. The lowest BCUT2D eigenvalue weighted by atomic mass is 10.1. The molecule has 0 N–H and O–H groups in total. The Morgan fingerprint density at radius 3 is 2.73 bits per heavy atom. The van der Waals surface area contributed by atoms with Gasteiger partial charge in [0.25, 0.3) is 5.89 Å². The number of benzene rings is 2. The van der Waals surface area contributed by atoms with Crippen molar-refractivity contribution in [3.8, 4) is 28.6 Å². The van der Waals surface area contributed by atoms with Crippen LogP contribution in [0.25, 0.3) is 33.7 Å². The van der Waals surface area contributed by atoms with Crippen LogP contribution in [0.15, 0.2) is 53.2 Å². The Kier molecular flexibility index (Phi) is 6.08. The van der Waals surface area contributed by atoms with Gasteiger partial charge in [0.2, 0.25) is 5.82 Å². The van der Waals surface area contributed by atoms with E-state index in [0.717, 1.165) is 17.0 Å². The van der Waals surface area contributed by atoms with Gasteiger partial charge in [-0.1, -0.05) is 17.3 Å². The van der Waals surface area contributed by atoms with Crippen molar-refractivity contribution in [2.75, 3.05) is 13.7 Å². The molecule has 0 unspecified atom stereocenters. The maximum Gasteiger partial charge on any atom is 0.419 e. The van der Waals surface area contributed by atoms with Crippen molar-refractivity contribution in [2.24, 2.45) is 0 Å². The number of alkyl halides is 3. The number of aryl methyl sites for hydroxylation is 1. The third-order valence-corrected chi connectivity index (χ3v) is 5.09. The van der Waals surface area contributed by atoms with Gasteiger partial charge in [-0.05, 0) is 37.3 Å². The number of carbonyl (C=O) groups excluding carboxylic acids is 1. The molecule has 0 atom stereocenters. The molecule has 0 aliphatic rings. The molecule has 2 aromatic heterocycles. The number of methoxy groups -OCH3 is 1. The second kappa shape index (κ2) is 8.97. The summed E-state index contributed by atoms with van der Waals surface area (Å²) in [6, 6.07) is 10.9. The molecule has 33 heavy (non-hydrogen) atoms. The van der Waals surface area contributed by atoms with E-state index in [1.165, 1.54) is 19.2 Å². The number of esters is 1. The first-order chi connectivity index (χ1) is 15.8. The summed E-state index contributed by atoms with van der Waals surface area (Å²) in [5.74, 6) is -0.379. The number of hydrogen-bond donors (Lipinski definition) is 0. The van der Waals surface area contributed by atoms with Gasteiger partial charge in [-0.15, -0.1) is 0 Å². The smallest absolute Gasteiger partial charge is 0.419 e. The monoisotopic (exact) mass is 459 g/mol. The van der Waals surface area contributed by atoms with E-state index < -0.39 is 11.7 Å². The summed E-state index contributed by atoms with van der Waals surface area (Å²) >= 11 is 0. The third-order valence-electron chi connectivity index (χ3n) is 5.09. The van der Waals surface area contributed by atoms with E-state index in [-0.39, 0.29) is 35.4 Å². The van der Waals surface area contributed by atoms with Crippen LogP contribution in [0.1, 0.15) is 18.9 Å². The van der Waals surface area contributed by atoms with Gasteiger partial charge in [0.15, 0.2) is 0 Å². The molecular formula is C23H20F3N3O4. The molecule has 0 fully saturated rings. The zero-order valence-corrected chi connectivity index (χ0v) is 17.8. The van der Waals surface area contributed by atoms with Crippen molar-refractivity contribution >= 4 is 16.9 Å². The maximum atomic E-state index is 13.4. The lowest BCUT2D eigenvalue weighted by molar-refractivity contribution is -0.143. The molecule has 10 heteroatoms. The molecule has 0 saturated heterocycles. The number of halogens is 3. The molecule has 2 heterocycles. The average Bonchev–Trinajstić information content (AvgIpc) is 3.44. The number of ether oxygens (including phenoxy) is 2. The zero-order chi connectivity index (χ0) is 23.6. The highest BCUT2D eigenvalue weighted by Gasteiger charge is 2.35. The molecule has 0 amide bonds. The highest BCUT2D eigenvalue weighted by Crippen LogP contribution is 2.39. The fourth-order valence-corrected chi connectivity index (χ4v) is 3.57. The van der Waals surface area contributed by atoms with E-state index in [9.17, 15) is 18.0 Å². The summed E-state index contributed by atoms with van der Waals surface area (Å²) in [4.78, 5) is 16.0. The summed E-state index contributed by atoms with van der Waals surface area (Å²) in [7, 11) is 1.18. The Bertz CT molecular complexity index is 1290. The highest BCUT2D eigenvalue weighted by atomic mass is 19.4. The second-order valence-corrected chi connectivity index (χ2v) is 7.14.